The fourth-order valence-corrected chi connectivity index (χ4v) is 3.56. The summed E-state index contributed by atoms with van der Waals surface area (Å²) in [6.45, 7) is 4.42. The number of aromatic nitrogens is 1. The number of hydrogen-bond acceptors (Lipinski definition) is 4. The van der Waals surface area contributed by atoms with Gasteiger partial charge in [-0.15, -0.1) is 11.3 Å². The predicted molar refractivity (Wildman–Crippen MR) is 107 cm³/mol. The Bertz CT molecular complexity index is 924. The fraction of sp³-hybridized carbons (Fsp3) is 0.200. The number of amides is 1. The minimum absolute atomic E-state index is 0.120. The van der Waals surface area contributed by atoms with Gasteiger partial charge in [-0.2, -0.15) is 0 Å². The van der Waals surface area contributed by atoms with Crippen LogP contribution in [-0.2, 0) is 11.2 Å². The molecule has 0 unspecified atom stereocenters. The molecule has 0 saturated carbocycles. The smallest absolute Gasteiger partial charge is 0.230 e. The molecule has 1 amide bonds. The van der Waals surface area contributed by atoms with Gasteiger partial charge in [0.15, 0.2) is 0 Å². The lowest BCUT2D eigenvalue weighted by Gasteiger charge is -2.09. The molecule has 3 aromatic rings. The Kier molecular flexibility index (Phi) is 5.91. The Balaban J connectivity index is 1.73. The van der Waals surface area contributed by atoms with Crippen LogP contribution in [0, 0.1) is 6.92 Å². The molecule has 1 N–H and O–H groups in total. The predicted octanol–water partition coefficient (Wildman–Crippen LogP) is 5.35. The third kappa shape index (κ3) is 4.23. The topological polar surface area (TPSA) is 51.2 Å². The van der Waals surface area contributed by atoms with Gasteiger partial charge in [-0.25, -0.2) is 4.98 Å². The molecule has 134 valence electrons. The standard InChI is InChI=1S/C20H19ClN2O2S/c1-3-25-18-10-5-4-7-15(18)20-22-14(12-26-20)11-19(24)23-17-9-6-8-16(21)13(17)2/h4-10,12H,3,11H2,1-2H3,(H,23,24). The number of carbonyl (C=O) groups excluding carboxylic acids is 1. The molecule has 1 heterocycles. The molecule has 0 aliphatic heterocycles. The number of carbonyl (C=O) groups is 1. The van der Waals surface area contributed by atoms with Gasteiger partial charge in [0.2, 0.25) is 5.91 Å². The maximum Gasteiger partial charge on any atom is 0.230 e. The molecule has 0 aliphatic carbocycles. The van der Waals surface area contributed by atoms with Crippen molar-refractivity contribution < 1.29 is 9.53 Å². The van der Waals surface area contributed by atoms with Crippen LogP contribution in [0.2, 0.25) is 5.02 Å². The van der Waals surface area contributed by atoms with Gasteiger partial charge in [-0.1, -0.05) is 29.8 Å². The molecule has 4 nitrogen and oxygen atoms in total. The van der Waals surface area contributed by atoms with Crippen molar-refractivity contribution in [2.24, 2.45) is 0 Å². The quantitative estimate of drug-likeness (QED) is 0.621. The number of para-hydroxylation sites is 1. The molecule has 0 bridgehead atoms. The zero-order valence-corrected chi connectivity index (χ0v) is 16.2. The summed E-state index contributed by atoms with van der Waals surface area (Å²) in [7, 11) is 0. The number of halogens is 1. The lowest BCUT2D eigenvalue weighted by molar-refractivity contribution is -0.115. The van der Waals surface area contributed by atoms with E-state index in [-0.39, 0.29) is 12.3 Å². The summed E-state index contributed by atoms with van der Waals surface area (Å²) in [5.41, 5.74) is 3.25. The Labute approximate surface area is 161 Å². The lowest BCUT2D eigenvalue weighted by Crippen LogP contribution is -2.15. The molecule has 0 aliphatic rings. The number of nitrogens with zero attached hydrogens (tertiary/aromatic N) is 1. The summed E-state index contributed by atoms with van der Waals surface area (Å²) in [5, 5.41) is 6.28. The number of thiazole rings is 1. The molecule has 0 saturated heterocycles. The molecular formula is C20H19ClN2O2S. The average Bonchev–Trinajstić information content (AvgIpc) is 3.08. The lowest BCUT2D eigenvalue weighted by atomic mass is 10.2. The minimum Gasteiger partial charge on any atom is -0.493 e. The van der Waals surface area contributed by atoms with Crippen molar-refractivity contribution in [2.45, 2.75) is 20.3 Å². The van der Waals surface area contributed by atoms with Gasteiger partial charge < -0.3 is 10.1 Å². The first-order valence-corrected chi connectivity index (χ1v) is 9.55. The van der Waals surface area contributed by atoms with Crippen molar-refractivity contribution in [3.63, 3.8) is 0 Å². The molecule has 3 rings (SSSR count). The third-order valence-corrected chi connectivity index (χ3v) is 5.19. The van der Waals surface area contributed by atoms with Crippen molar-refractivity contribution in [3.05, 3.63) is 64.1 Å². The molecule has 0 spiro atoms. The second-order valence-electron chi connectivity index (χ2n) is 5.71. The first-order chi connectivity index (χ1) is 12.6. The Hall–Kier alpha value is -2.37. The Morgan fingerprint density at radius 3 is 2.85 bits per heavy atom. The van der Waals surface area contributed by atoms with E-state index in [0.29, 0.717) is 11.6 Å². The first-order valence-electron chi connectivity index (χ1n) is 8.30. The molecule has 0 radical (unpaired) electrons. The van der Waals surface area contributed by atoms with E-state index in [0.717, 1.165) is 33.3 Å². The van der Waals surface area contributed by atoms with Crippen LogP contribution < -0.4 is 10.1 Å². The zero-order chi connectivity index (χ0) is 18.5. The molecule has 2 aromatic carbocycles. The monoisotopic (exact) mass is 386 g/mol. The van der Waals surface area contributed by atoms with Crippen molar-refractivity contribution >= 4 is 34.5 Å². The summed E-state index contributed by atoms with van der Waals surface area (Å²) in [5.74, 6) is 0.681. The van der Waals surface area contributed by atoms with Crippen LogP contribution in [0.4, 0.5) is 5.69 Å². The number of nitrogens with one attached hydrogen (secondary N) is 1. The largest absolute Gasteiger partial charge is 0.493 e. The van der Waals surface area contributed by atoms with Crippen molar-refractivity contribution in [2.75, 3.05) is 11.9 Å². The van der Waals surface area contributed by atoms with E-state index < -0.39 is 0 Å². The highest BCUT2D eigenvalue weighted by Crippen LogP contribution is 2.32. The maximum atomic E-state index is 12.3. The van der Waals surface area contributed by atoms with E-state index >= 15 is 0 Å². The highest BCUT2D eigenvalue weighted by molar-refractivity contribution is 7.13. The first kappa shape index (κ1) is 18.4. The Morgan fingerprint density at radius 2 is 2.04 bits per heavy atom. The van der Waals surface area contributed by atoms with Crippen LogP contribution in [0.5, 0.6) is 5.75 Å². The number of anilines is 1. The van der Waals surface area contributed by atoms with E-state index in [4.69, 9.17) is 16.3 Å². The molecule has 0 fully saturated rings. The molecule has 0 atom stereocenters. The van der Waals surface area contributed by atoms with Crippen molar-refractivity contribution in [1.29, 1.82) is 0 Å². The minimum atomic E-state index is -0.120. The molecule has 26 heavy (non-hydrogen) atoms. The van der Waals surface area contributed by atoms with Crippen LogP contribution in [0.1, 0.15) is 18.2 Å². The van der Waals surface area contributed by atoms with Crippen LogP contribution in [-0.4, -0.2) is 17.5 Å². The normalized spacial score (nSPS) is 10.6. The summed E-state index contributed by atoms with van der Waals surface area (Å²) < 4.78 is 5.66. The summed E-state index contributed by atoms with van der Waals surface area (Å²) in [6.07, 6.45) is 0.208. The van der Waals surface area contributed by atoms with Gasteiger partial charge in [0.25, 0.3) is 0 Å². The average molecular weight is 387 g/mol. The summed E-state index contributed by atoms with van der Waals surface area (Å²) >= 11 is 7.60. The second-order valence-corrected chi connectivity index (χ2v) is 6.98. The van der Waals surface area contributed by atoms with Gasteiger partial charge in [-0.05, 0) is 43.7 Å². The van der Waals surface area contributed by atoms with E-state index in [1.165, 1.54) is 11.3 Å². The molecule has 6 heteroatoms. The van der Waals surface area contributed by atoms with Crippen LogP contribution in [0.15, 0.2) is 47.8 Å². The van der Waals surface area contributed by atoms with Crippen LogP contribution in [0.3, 0.4) is 0 Å². The maximum absolute atomic E-state index is 12.3. The molecule has 1 aromatic heterocycles. The number of benzene rings is 2. The summed E-state index contributed by atoms with van der Waals surface area (Å²) in [4.78, 5) is 16.9. The van der Waals surface area contributed by atoms with Gasteiger partial charge in [-0.3, -0.25) is 4.79 Å². The highest BCUT2D eigenvalue weighted by atomic mass is 35.5. The van der Waals surface area contributed by atoms with Gasteiger partial charge in [0.1, 0.15) is 10.8 Å². The SMILES string of the molecule is CCOc1ccccc1-c1nc(CC(=O)Nc2cccc(Cl)c2C)cs1. The van der Waals surface area contributed by atoms with E-state index in [9.17, 15) is 4.79 Å². The second kappa shape index (κ2) is 8.34. The fourth-order valence-electron chi connectivity index (χ4n) is 2.54. The number of ether oxygens (including phenoxy) is 1. The van der Waals surface area contributed by atoms with E-state index in [1.54, 1.807) is 6.07 Å². The number of hydrogen-bond donors (Lipinski definition) is 1. The van der Waals surface area contributed by atoms with Gasteiger partial charge in [0, 0.05) is 16.1 Å². The third-order valence-electron chi connectivity index (χ3n) is 3.85. The zero-order valence-electron chi connectivity index (χ0n) is 14.6. The van der Waals surface area contributed by atoms with Crippen LogP contribution in [0.25, 0.3) is 10.6 Å². The summed E-state index contributed by atoms with van der Waals surface area (Å²) in [6, 6.07) is 13.2. The van der Waals surface area contributed by atoms with Gasteiger partial charge in [0.05, 0.1) is 24.3 Å². The van der Waals surface area contributed by atoms with Gasteiger partial charge >= 0.3 is 0 Å². The highest BCUT2D eigenvalue weighted by Gasteiger charge is 2.13. The van der Waals surface area contributed by atoms with Crippen LogP contribution >= 0.6 is 22.9 Å². The Morgan fingerprint density at radius 1 is 1.23 bits per heavy atom. The van der Waals surface area contributed by atoms with Crippen molar-refractivity contribution in [1.82, 2.24) is 4.98 Å². The van der Waals surface area contributed by atoms with Crippen molar-refractivity contribution in [3.8, 4) is 16.3 Å². The van der Waals surface area contributed by atoms with E-state index in [1.807, 2.05) is 55.6 Å². The van der Waals surface area contributed by atoms with E-state index in [2.05, 4.69) is 10.3 Å². The number of rotatable bonds is 6. The molecular weight excluding hydrogens is 368 g/mol.